The van der Waals surface area contributed by atoms with Crippen LogP contribution in [0.1, 0.15) is 56.3 Å². The first-order valence-corrected chi connectivity index (χ1v) is 7.95. The molecule has 0 amide bonds. The van der Waals surface area contributed by atoms with E-state index in [0.717, 1.165) is 18.5 Å². The lowest BCUT2D eigenvalue weighted by Crippen LogP contribution is -2.44. The largest absolute Gasteiger partial charge is 0.481 e. The number of aliphatic carboxylic acids is 1. The van der Waals surface area contributed by atoms with E-state index in [1.165, 1.54) is 18.4 Å². The zero-order valence-electron chi connectivity index (χ0n) is 13.1. The highest BCUT2D eigenvalue weighted by molar-refractivity contribution is 5.67. The Bertz CT molecular complexity index is 526. The minimum Gasteiger partial charge on any atom is -0.481 e. The summed E-state index contributed by atoms with van der Waals surface area (Å²) in [6, 6.07) is 1.47. The summed E-state index contributed by atoms with van der Waals surface area (Å²) in [6.07, 6.45) is 6.96. The number of fused-ring (bicyclic) bond motifs is 2. The van der Waals surface area contributed by atoms with Crippen molar-refractivity contribution in [2.45, 2.75) is 64.1 Å². The zero-order valence-corrected chi connectivity index (χ0v) is 13.1. The molecule has 0 aliphatic carbocycles. The average molecular weight is 291 g/mol. The van der Waals surface area contributed by atoms with Crippen LogP contribution in [0.25, 0.3) is 0 Å². The fraction of sp³-hybridized carbons (Fsp3) is 0.750. The molecule has 2 aliphatic rings. The lowest BCUT2D eigenvalue weighted by Gasteiger charge is -2.42. The van der Waals surface area contributed by atoms with E-state index in [0.29, 0.717) is 30.5 Å². The van der Waals surface area contributed by atoms with Crippen molar-refractivity contribution >= 4 is 5.97 Å². The van der Waals surface area contributed by atoms with Crippen LogP contribution in [0.5, 0.6) is 0 Å². The number of hydrogen-bond donors (Lipinski definition) is 1. The number of hydrogen-bond acceptors (Lipinski definition) is 3. The van der Waals surface area contributed by atoms with Crippen molar-refractivity contribution in [3.8, 4) is 0 Å². The molecule has 3 atom stereocenters. The van der Waals surface area contributed by atoms with Gasteiger partial charge >= 0.3 is 5.97 Å². The monoisotopic (exact) mass is 291 g/mol. The van der Waals surface area contributed by atoms with Crippen LogP contribution < -0.4 is 0 Å². The van der Waals surface area contributed by atoms with Crippen LogP contribution in [0, 0.1) is 12.8 Å². The molecule has 1 N–H and O–H groups in total. The second-order valence-corrected chi connectivity index (χ2v) is 6.79. The fourth-order valence-electron chi connectivity index (χ4n) is 4.56. The van der Waals surface area contributed by atoms with Crippen LogP contribution in [0.4, 0.5) is 0 Å². The van der Waals surface area contributed by atoms with Crippen LogP contribution in [-0.4, -0.2) is 37.8 Å². The van der Waals surface area contributed by atoms with E-state index in [1.807, 2.05) is 11.7 Å². The minimum atomic E-state index is -0.649. The lowest BCUT2D eigenvalue weighted by molar-refractivity contribution is -0.138. The molecule has 0 spiro atoms. The van der Waals surface area contributed by atoms with Gasteiger partial charge in [-0.3, -0.25) is 14.4 Å². The van der Waals surface area contributed by atoms with E-state index < -0.39 is 5.97 Å². The number of aromatic nitrogens is 2. The molecule has 21 heavy (non-hydrogen) atoms. The molecule has 116 valence electrons. The molecule has 5 heteroatoms. The molecular weight excluding hydrogens is 266 g/mol. The van der Waals surface area contributed by atoms with Gasteiger partial charge in [0.2, 0.25) is 0 Å². The van der Waals surface area contributed by atoms with E-state index >= 15 is 0 Å². The van der Waals surface area contributed by atoms with Crippen LogP contribution >= 0.6 is 0 Å². The first-order valence-electron chi connectivity index (χ1n) is 7.95. The van der Waals surface area contributed by atoms with Crippen LogP contribution in [0.15, 0.2) is 6.20 Å². The first kappa shape index (κ1) is 14.6. The van der Waals surface area contributed by atoms with E-state index in [9.17, 15) is 4.79 Å². The van der Waals surface area contributed by atoms with Gasteiger partial charge in [0.1, 0.15) is 0 Å². The van der Waals surface area contributed by atoms with Crippen molar-refractivity contribution in [2.75, 3.05) is 0 Å². The SMILES string of the molecule is Cc1nn(C)cc1C(C)N1C2CCC1CC(CC(=O)O)C2. The third-order valence-corrected chi connectivity index (χ3v) is 5.30. The van der Waals surface area contributed by atoms with Gasteiger partial charge in [-0.15, -0.1) is 0 Å². The van der Waals surface area contributed by atoms with Gasteiger partial charge in [-0.05, 0) is 45.4 Å². The lowest BCUT2D eigenvalue weighted by atomic mass is 9.86. The van der Waals surface area contributed by atoms with Gasteiger partial charge in [-0.1, -0.05) is 0 Å². The van der Waals surface area contributed by atoms with Crippen LogP contribution in [0.2, 0.25) is 0 Å². The standard InChI is InChI=1S/C16H25N3O2/c1-10-15(9-18(3)17-10)11(2)19-13-4-5-14(19)7-12(6-13)8-16(20)21/h9,11-14H,4-8H2,1-3H3,(H,20,21). The molecule has 1 aromatic heterocycles. The van der Waals surface area contributed by atoms with Crippen molar-refractivity contribution in [1.82, 2.24) is 14.7 Å². The molecule has 2 saturated heterocycles. The normalized spacial score (nSPS) is 30.5. The third-order valence-electron chi connectivity index (χ3n) is 5.30. The predicted octanol–water partition coefficient (Wildman–Crippen LogP) is 2.51. The molecule has 5 nitrogen and oxygen atoms in total. The maximum Gasteiger partial charge on any atom is 0.303 e. The molecule has 2 aliphatic heterocycles. The third kappa shape index (κ3) is 2.71. The minimum absolute atomic E-state index is 0.334. The summed E-state index contributed by atoms with van der Waals surface area (Å²) >= 11 is 0. The summed E-state index contributed by atoms with van der Waals surface area (Å²) in [5.41, 5.74) is 2.42. The Hall–Kier alpha value is -1.36. The van der Waals surface area contributed by atoms with Crippen LogP contribution in [0.3, 0.4) is 0 Å². The number of carbonyl (C=O) groups is 1. The number of nitrogens with zero attached hydrogens (tertiary/aromatic N) is 3. The number of piperidine rings is 1. The van der Waals surface area contributed by atoms with Crippen molar-refractivity contribution in [3.05, 3.63) is 17.5 Å². The summed E-state index contributed by atoms with van der Waals surface area (Å²) in [4.78, 5) is 13.6. The van der Waals surface area contributed by atoms with Crippen LogP contribution in [-0.2, 0) is 11.8 Å². The molecule has 3 heterocycles. The van der Waals surface area contributed by atoms with Gasteiger partial charge in [0.15, 0.2) is 0 Å². The topological polar surface area (TPSA) is 58.4 Å². The van der Waals surface area contributed by atoms with Gasteiger partial charge in [-0.2, -0.15) is 5.10 Å². The molecule has 0 aromatic carbocycles. The van der Waals surface area contributed by atoms with Crippen molar-refractivity contribution < 1.29 is 9.90 Å². The van der Waals surface area contributed by atoms with Gasteiger partial charge < -0.3 is 5.11 Å². The van der Waals surface area contributed by atoms with E-state index in [-0.39, 0.29) is 0 Å². The molecular formula is C16H25N3O2. The molecule has 0 radical (unpaired) electrons. The summed E-state index contributed by atoms with van der Waals surface area (Å²) in [6.45, 7) is 4.35. The molecule has 1 aromatic rings. The summed E-state index contributed by atoms with van der Waals surface area (Å²) in [5.74, 6) is -0.289. The Morgan fingerprint density at radius 2 is 2.05 bits per heavy atom. The van der Waals surface area contributed by atoms with Crippen molar-refractivity contribution in [3.63, 3.8) is 0 Å². The zero-order chi connectivity index (χ0) is 15.1. The average Bonchev–Trinajstić information content (AvgIpc) is 2.85. The summed E-state index contributed by atoms with van der Waals surface area (Å²) in [7, 11) is 1.97. The smallest absolute Gasteiger partial charge is 0.303 e. The molecule has 3 rings (SSSR count). The molecule has 3 unspecified atom stereocenters. The van der Waals surface area contributed by atoms with Crippen molar-refractivity contribution in [1.29, 1.82) is 0 Å². The van der Waals surface area contributed by atoms with Gasteiger partial charge in [0, 0.05) is 43.4 Å². The maximum absolute atomic E-state index is 11.0. The first-order chi connectivity index (χ1) is 9.95. The fourth-order valence-corrected chi connectivity index (χ4v) is 4.56. The number of aryl methyl sites for hydroxylation is 2. The Labute approximate surface area is 125 Å². The second-order valence-electron chi connectivity index (χ2n) is 6.79. The van der Waals surface area contributed by atoms with Gasteiger partial charge in [-0.25, -0.2) is 0 Å². The van der Waals surface area contributed by atoms with Crippen molar-refractivity contribution in [2.24, 2.45) is 13.0 Å². The molecule has 2 fully saturated rings. The number of rotatable bonds is 4. The quantitative estimate of drug-likeness (QED) is 0.926. The highest BCUT2D eigenvalue weighted by Gasteiger charge is 2.43. The maximum atomic E-state index is 11.0. The Morgan fingerprint density at radius 3 is 2.52 bits per heavy atom. The highest BCUT2D eigenvalue weighted by Crippen LogP contribution is 2.44. The Morgan fingerprint density at radius 1 is 1.43 bits per heavy atom. The van der Waals surface area contributed by atoms with E-state index in [1.54, 1.807) is 0 Å². The van der Waals surface area contributed by atoms with E-state index in [4.69, 9.17) is 5.11 Å². The number of carboxylic acids is 1. The van der Waals surface area contributed by atoms with Gasteiger partial charge in [0.25, 0.3) is 0 Å². The highest BCUT2D eigenvalue weighted by atomic mass is 16.4. The molecule has 0 saturated carbocycles. The molecule has 2 bridgehead atoms. The van der Waals surface area contributed by atoms with E-state index in [2.05, 4.69) is 30.0 Å². The summed E-state index contributed by atoms with van der Waals surface area (Å²) < 4.78 is 1.89. The Kier molecular flexibility index (Phi) is 3.78. The second kappa shape index (κ2) is 5.44. The van der Waals surface area contributed by atoms with Gasteiger partial charge in [0.05, 0.1) is 5.69 Å². The number of carboxylic acid groups (broad SMARTS) is 1. The Balaban J connectivity index is 1.76. The predicted molar refractivity (Wildman–Crippen MR) is 80.0 cm³/mol. The summed E-state index contributed by atoms with van der Waals surface area (Å²) in [5, 5.41) is 13.5.